The van der Waals surface area contributed by atoms with Crippen LogP contribution in [0.4, 0.5) is 5.69 Å². The van der Waals surface area contributed by atoms with Crippen molar-refractivity contribution in [1.29, 1.82) is 0 Å². The molecule has 0 radical (unpaired) electrons. The molecule has 72 valence electrons. The standard InChI is InChI=1S/C10H16N2S/c1-3-4-5-13-10-9(11)6-8(2)7-12-10/h6-7H,3-5,11H2,1-2H3. The number of anilines is 1. The normalized spacial score (nSPS) is 10.3. The smallest absolute Gasteiger partial charge is 0.119 e. The highest BCUT2D eigenvalue weighted by atomic mass is 32.2. The first kappa shape index (κ1) is 10.4. The van der Waals surface area contributed by atoms with Crippen LogP contribution in [0.1, 0.15) is 25.3 Å². The molecule has 0 aliphatic rings. The second-order valence-corrected chi connectivity index (χ2v) is 4.19. The van der Waals surface area contributed by atoms with Gasteiger partial charge in [0.15, 0.2) is 0 Å². The Labute approximate surface area is 83.9 Å². The summed E-state index contributed by atoms with van der Waals surface area (Å²) in [6.07, 6.45) is 4.31. The largest absolute Gasteiger partial charge is 0.397 e. The number of thioether (sulfide) groups is 1. The van der Waals surface area contributed by atoms with Crippen LogP contribution in [0.15, 0.2) is 17.3 Å². The quantitative estimate of drug-likeness (QED) is 0.594. The van der Waals surface area contributed by atoms with Crippen molar-refractivity contribution in [2.24, 2.45) is 0 Å². The lowest BCUT2D eigenvalue weighted by molar-refractivity contribution is 0.894. The van der Waals surface area contributed by atoms with Crippen LogP contribution < -0.4 is 5.73 Å². The molecule has 0 unspecified atom stereocenters. The maximum Gasteiger partial charge on any atom is 0.119 e. The topological polar surface area (TPSA) is 38.9 Å². The third-order valence-corrected chi connectivity index (χ3v) is 2.86. The van der Waals surface area contributed by atoms with Crippen molar-refractivity contribution in [2.75, 3.05) is 11.5 Å². The number of pyridine rings is 1. The minimum Gasteiger partial charge on any atom is -0.397 e. The Balaban J connectivity index is 2.56. The summed E-state index contributed by atoms with van der Waals surface area (Å²) in [6, 6.07) is 1.97. The minimum absolute atomic E-state index is 0.807. The summed E-state index contributed by atoms with van der Waals surface area (Å²) in [6.45, 7) is 4.19. The molecular formula is C10H16N2S. The van der Waals surface area contributed by atoms with E-state index in [2.05, 4.69) is 11.9 Å². The van der Waals surface area contributed by atoms with Crippen LogP contribution in [0.3, 0.4) is 0 Å². The Kier molecular flexibility index (Phi) is 4.09. The Morgan fingerprint density at radius 1 is 1.54 bits per heavy atom. The summed E-state index contributed by atoms with van der Waals surface area (Å²) in [5.41, 5.74) is 7.75. The van der Waals surface area contributed by atoms with E-state index in [1.54, 1.807) is 11.8 Å². The monoisotopic (exact) mass is 196 g/mol. The van der Waals surface area contributed by atoms with Gasteiger partial charge in [-0.1, -0.05) is 13.3 Å². The Morgan fingerprint density at radius 3 is 2.92 bits per heavy atom. The summed E-state index contributed by atoms with van der Waals surface area (Å²) in [4.78, 5) is 4.29. The van der Waals surface area contributed by atoms with Gasteiger partial charge in [-0.05, 0) is 30.7 Å². The predicted octanol–water partition coefficient (Wildman–Crippen LogP) is 2.86. The summed E-state index contributed by atoms with van der Waals surface area (Å²) in [7, 11) is 0. The van der Waals surface area contributed by atoms with Gasteiger partial charge in [0.1, 0.15) is 5.03 Å². The van der Waals surface area contributed by atoms with Crippen LogP contribution in [0.2, 0.25) is 0 Å². The first-order valence-electron chi connectivity index (χ1n) is 4.59. The van der Waals surface area contributed by atoms with E-state index < -0.39 is 0 Å². The zero-order valence-electron chi connectivity index (χ0n) is 8.21. The molecule has 1 aromatic heterocycles. The zero-order chi connectivity index (χ0) is 9.68. The number of nitrogens with zero attached hydrogens (tertiary/aromatic N) is 1. The van der Waals surface area contributed by atoms with Crippen LogP contribution >= 0.6 is 11.8 Å². The van der Waals surface area contributed by atoms with Crippen LogP contribution in [0.25, 0.3) is 0 Å². The summed E-state index contributed by atoms with van der Waals surface area (Å²) in [5.74, 6) is 1.11. The minimum atomic E-state index is 0.807. The van der Waals surface area contributed by atoms with E-state index >= 15 is 0 Å². The van der Waals surface area contributed by atoms with Gasteiger partial charge in [0.25, 0.3) is 0 Å². The molecule has 1 heterocycles. The van der Waals surface area contributed by atoms with Crippen molar-refractivity contribution in [3.8, 4) is 0 Å². The maximum absolute atomic E-state index is 5.82. The molecule has 0 saturated carbocycles. The van der Waals surface area contributed by atoms with Crippen molar-refractivity contribution in [1.82, 2.24) is 4.98 Å². The van der Waals surface area contributed by atoms with E-state index in [1.807, 2.05) is 19.2 Å². The molecule has 0 aromatic carbocycles. The van der Waals surface area contributed by atoms with Crippen LogP contribution in [-0.4, -0.2) is 10.7 Å². The Bertz CT molecular complexity index is 274. The molecule has 2 nitrogen and oxygen atoms in total. The van der Waals surface area contributed by atoms with Gasteiger partial charge in [-0.3, -0.25) is 0 Å². The first-order chi connectivity index (χ1) is 6.24. The van der Waals surface area contributed by atoms with Crippen molar-refractivity contribution >= 4 is 17.4 Å². The fourth-order valence-electron chi connectivity index (χ4n) is 1.01. The number of hydrogen-bond donors (Lipinski definition) is 1. The molecule has 0 amide bonds. The van der Waals surface area contributed by atoms with Crippen molar-refractivity contribution in [2.45, 2.75) is 31.7 Å². The van der Waals surface area contributed by atoms with E-state index in [9.17, 15) is 0 Å². The lowest BCUT2D eigenvalue weighted by Crippen LogP contribution is -1.93. The number of rotatable bonds is 4. The number of aromatic nitrogens is 1. The number of nitrogens with two attached hydrogens (primary N) is 1. The molecule has 0 aliphatic carbocycles. The Hall–Kier alpha value is -0.700. The summed E-state index contributed by atoms with van der Waals surface area (Å²) >= 11 is 1.74. The molecule has 0 atom stereocenters. The van der Waals surface area contributed by atoms with Gasteiger partial charge in [0.05, 0.1) is 5.69 Å². The molecule has 13 heavy (non-hydrogen) atoms. The lowest BCUT2D eigenvalue weighted by atomic mass is 10.3. The predicted molar refractivity (Wildman–Crippen MR) is 59.0 cm³/mol. The van der Waals surface area contributed by atoms with Crippen molar-refractivity contribution < 1.29 is 0 Å². The van der Waals surface area contributed by atoms with Gasteiger partial charge in [0.2, 0.25) is 0 Å². The molecular weight excluding hydrogens is 180 g/mol. The summed E-state index contributed by atoms with van der Waals surface area (Å²) in [5, 5.41) is 0.971. The summed E-state index contributed by atoms with van der Waals surface area (Å²) < 4.78 is 0. The molecule has 0 bridgehead atoms. The maximum atomic E-state index is 5.82. The lowest BCUT2D eigenvalue weighted by Gasteiger charge is -2.03. The van der Waals surface area contributed by atoms with Crippen molar-refractivity contribution in [3.63, 3.8) is 0 Å². The van der Waals surface area contributed by atoms with E-state index in [4.69, 9.17) is 5.73 Å². The highest BCUT2D eigenvalue weighted by Crippen LogP contribution is 2.23. The Morgan fingerprint density at radius 2 is 2.31 bits per heavy atom. The van der Waals surface area contributed by atoms with Gasteiger partial charge in [-0.2, -0.15) is 0 Å². The van der Waals surface area contributed by atoms with Gasteiger partial charge in [-0.15, -0.1) is 11.8 Å². The van der Waals surface area contributed by atoms with Gasteiger partial charge in [0, 0.05) is 6.20 Å². The van der Waals surface area contributed by atoms with E-state index in [1.165, 1.54) is 12.8 Å². The molecule has 2 N–H and O–H groups in total. The molecule has 0 aliphatic heterocycles. The number of unbranched alkanes of at least 4 members (excludes halogenated alkanes) is 1. The second-order valence-electron chi connectivity index (χ2n) is 3.11. The van der Waals surface area contributed by atoms with Gasteiger partial charge < -0.3 is 5.73 Å². The SMILES string of the molecule is CCCCSc1ncc(C)cc1N. The average molecular weight is 196 g/mol. The zero-order valence-corrected chi connectivity index (χ0v) is 9.03. The molecule has 0 fully saturated rings. The highest BCUT2D eigenvalue weighted by molar-refractivity contribution is 7.99. The van der Waals surface area contributed by atoms with Crippen molar-refractivity contribution in [3.05, 3.63) is 17.8 Å². The molecule has 0 spiro atoms. The fourth-order valence-corrected chi connectivity index (χ4v) is 1.99. The molecule has 1 rings (SSSR count). The van der Waals surface area contributed by atoms with Gasteiger partial charge in [-0.25, -0.2) is 4.98 Å². The fraction of sp³-hybridized carbons (Fsp3) is 0.500. The average Bonchev–Trinajstić information content (AvgIpc) is 2.09. The van der Waals surface area contributed by atoms with Crippen LogP contribution in [0, 0.1) is 6.92 Å². The highest BCUT2D eigenvalue weighted by Gasteiger charge is 2.00. The van der Waals surface area contributed by atoms with E-state index in [0.29, 0.717) is 0 Å². The third kappa shape index (κ3) is 3.27. The number of hydrogen-bond acceptors (Lipinski definition) is 3. The van der Waals surface area contributed by atoms with Crippen LogP contribution in [-0.2, 0) is 0 Å². The van der Waals surface area contributed by atoms with E-state index in [0.717, 1.165) is 22.0 Å². The molecule has 1 aromatic rings. The number of aryl methyl sites for hydroxylation is 1. The third-order valence-electron chi connectivity index (χ3n) is 1.75. The molecule has 3 heteroatoms. The first-order valence-corrected chi connectivity index (χ1v) is 5.57. The van der Waals surface area contributed by atoms with Gasteiger partial charge >= 0.3 is 0 Å². The molecule has 0 saturated heterocycles. The van der Waals surface area contributed by atoms with Crippen LogP contribution in [0.5, 0.6) is 0 Å². The van der Waals surface area contributed by atoms with E-state index in [-0.39, 0.29) is 0 Å². The second kappa shape index (κ2) is 5.12. The number of nitrogen functional groups attached to an aromatic ring is 1.